The number of ketones is 1. The number of aromatic amines is 1. The van der Waals surface area contributed by atoms with Gasteiger partial charge in [0.25, 0.3) is 0 Å². The molecule has 8 heteroatoms. The molecule has 1 aliphatic rings. The van der Waals surface area contributed by atoms with Gasteiger partial charge in [0.05, 0.1) is 6.61 Å². The first kappa shape index (κ1) is 18.4. The maximum absolute atomic E-state index is 12.9. The highest BCUT2D eigenvalue weighted by atomic mass is 16.5. The van der Waals surface area contributed by atoms with Gasteiger partial charge in [-0.1, -0.05) is 6.07 Å². The molecule has 3 aromatic heterocycles. The number of esters is 1. The number of Topliss-reactive ketones (excluding diaryl/α,β-unsaturated/α-hetero) is 1. The minimum atomic E-state index is -0.752. The standard InChI is InChI=1S/C21H18N4O4/c1-3-28-21(27)16-17(26)15(10-13-11-24-19-14(13)7-5-9-23-19)29-20(16)25-18-12(2)6-4-8-22-18/h4-11H,3H2,1-2H3,(H,22,25)(H,23,24). The Kier molecular flexibility index (Phi) is 4.82. The lowest BCUT2D eigenvalue weighted by Gasteiger charge is -2.09. The third-order valence-electron chi connectivity index (χ3n) is 4.38. The molecule has 8 nitrogen and oxygen atoms in total. The summed E-state index contributed by atoms with van der Waals surface area (Å²) in [5.74, 6) is -0.821. The van der Waals surface area contributed by atoms with Gasteiger partial charge in [-0.25, -0.2) is 14.8 Å². The van der Waals surface area contributed by atoms with E-state index >= 15 is 0 Å². The van der Waals surface area contributed by atoms with Gasteiger partial charge in [0.15, 0.2) is 11.3 Å². The van der Waals surface area contributed by atoms with Crippen LogP contribution in [0.4, 0.5) is 5.82 Å². The predicted molar refractivity (Wildman–Crippen MR) is 106 cm³/mol. The Balaban J connectivity index is 1.72. The summed E-state index contributed by atoms with van der Waals surface area (Å²) in [6.45, 7) is 3.66. The van der Waals surface area contributed by atoms with E-state index in [1.807, 2.05) is 19.1 Å². The van der Waals surface area contributed by atoms with Crippen molar-refractivity contribution in [3.8, 4) is 0 Å². The van der Waals surface area contributed by atoms with E-state index in [2.05, 4.69) is 20.3 Å². The molecule has 0 bridgehead atoms. The number of allylic oxidation sites excluding steroid dienone is 1. The number of carbonyl (C=O) groups excluding carboxylic acids is 2. The number of ether oxygens (including phenoxy) is 2. The molecular weight excluding hydrogens is 372 g/mol. The van der Waals surface area contributed by atoms with E-state index in [0.29, 0.717) is 11.5 Å². The number of nitrogens with one attached hydrogen (secondary N) is 2. The Hall–Kier alpha value is -3.94. The Labute approximate surface area is 166 Å². The summed E-state index contributed by atoms with van der Waals surface area (Å²) in [7, 11) is 0. The molecule has 0 radical (unpaired) electrons. The van der Waals surface area contributed by atoms with Crippen molar-refractivity contribution in [2.24, 2.45) is 0 Å². The molecule has 2 N–H and O–H groups in total. The molecule has 29 heavy (non-hydrogen) atoms. The van der Waals surface area contributed by atoms with Gasteiger partial charge >= 0.3 is 5.97 Å². The lowest BCUT2D eigenvalue weighted by atomic mass is 10.1. The summed E-state index contributed by atoms with van der Waals surface area (Å²) in [6, 6.07) is 7.32. The van der Waals surface area contributed by atoms with Gasteiger partial charge in [0.2, 0.25) is 11.7 Å². The first-order valence-corrected chi connectivity index (χ1v) is 9.05. The molecule has 1 aliphatic heterocycles. The Morgan fingerprint density at radius 2 is 2.07 bits per heavy atom. The zero-order chi connectivity index (χ0) is 20.4. The second-order valence-electron chi connectivity index (χ2n) is 6.30. The molecule has 0 unspecified atom stereocenters. The number of nitrogens with zero attached hydrogens (tertiary/aromatic N) is 2. The Bertz CT molecular complexity index is 1180. The fourth-order valence-electron chi connectivity index (χ4n) is 2.97. The van der Waals surface area contributed by atoms with Crippen LogP contribution >= 0.6 is 0 Å². The molecule has 0 aromatic carbocycles. The number of hydrogen-bond donors (Lipinski definition) is 2. The molecule has 4 rings (SSSR count). The summed E-state index contributed by atoms with van der Waals surface area (Å²) >= 11 is 0. The van der Waals surface area contributed by atoms with Crippen molar-refractivity contribution in [3.63, 3.8) is 0 Å². The van der Waals surface area contributed by atoms with Crippen LogP contribution in [0.1, 0.15) is 18.1 Å². The molecule has 4 heterocycles. The summed E-state index contributed by atoms with van der Waals surface area (Å²) in [4.78, 5) is 36.8. The minimum Gasteiger partial charge on any atom is -0.462 e. The molecule has 146 valence electrons. The number of rotatable bonds is 5. The number of pyridine rings is 2. The van der Waals surface area contributed by atoms with Crippen molar-refractivity contribution in [1.82, 2.24) is 15.0 Å². The topological polar surface area (TPSA) is 106 Å². The average Bonchev–Trinajstić information content (AvgIpc) is 3.25. The van der Waals surface area contributed by atoms with Crippen molar-refractivity contribution in [2.45, 2.75) is 13.8 Å². The highest BCUT2D eigenvalue weighted by Gasteiger charge is 2.37. The van der Waals surface area contributed by atoms with Crippen molar-refractivity contribution in [1.29, 1.82) is 0 Å². The van der Waals surface area contributed by atoms with E-state index in [4.69, 9.17) is 9.47 Å². The number of carbonyl (C=O) groups is 2. The zero-order valence-corrected chi connectivity index (χ0v) is 15.9. The SMILES string of the molecule is CCOC(=O)C1=C(Nc2ncccc2C)OC(=Cc2c[nH]c3ncccc23)C1=O. The molecular formula is C21H18N4O4. The van der Waals surface area contributed by atoms with Crippen LogP contribution in [0.3, 0.4) is 0 Å². The van der Waals surface area contributed by atoms with Gasteiger partial charge in [-0.05, 0) is 43.7 Å². The fourth-order valence-corrected chi connectivity index (χ4v) is 2.97. The normalized spacial score (nSPS) is 15.1. The minimum absolute atomic E-state index is 0.000494. The van der Waals surface area contributed by atoms with Gasteiger partial charge < -0.3 is 19.8 Å². The lowest BCUT2D eigenvalue weighted by Crippen LogP contribution is -2.16. The summed E-state index contributed by atoms with van der Waals surface area (Å²) in [5, 5.41) is 3.77. The van der Waals surface area contributed by atoms with E-state index < -0.39 is 11.8 Å². The van der Waals surface area contributed by atoms with Gasteiger partial charge in [0.1, 0.15) is 11.5 Å². The van der Waals surface area contributed by atoms with Gasteiger partial charge in [0, 0.05) is 29.5 Å². The number of anilines is 1. The number of aryl methyl sites for hydroxylation is 1. The van der Waals surface area contributed by atoms with Crippen LogP contribution in [0.15, 0.2) is 60.1 Å². The Morgan fingerprint density at radius 1 is 1.28 bits per heavy atom. The first-order valence-electron chi connectivity index (χ1n) is 9.05. The van der Waals surface area contributed by atoms with Crippen LogP contribution in [0, 0.1) is 6.92 Å². The van der Waals surface area contributed by atoms with E-state index in [1.54, 1.807) is 43.7 Å². The van der Waals surface area contributed by atoms with Crippen LogP contribution in [0.2, 0.25) is 0 Å². The molecule has 0 saturated carbocycles. The van der Waals surface area contributed by atoms with Crippen LogP contribution < -0.4 is 5.32 Å². The lowest BCUT2D eigenvalue weighted by molar-refractivity contribution is -0.139. The highest BCUT2D eigenvalue weighted by molar-refractivity contribution is 6.26. The van der Waals surface area contributed by atoms with Gasteiger partial charge in [-0.15, -0.1) is 0 Å². The number of fused-ring (bicyclic) bond motifs is 1. The molecule has 0 aliphatic carbocycles. The molecule has 0 atom stereocenters. The van der Waals surface area contributed by atoms with Crippen molar-refractivity contribution in [3.05, 3.63) is 71.2 Å². The van der Waals surface area contributed by atoms with Crippen LogP contribution in [0.5, 0.6) is 0 Å². The number of aromatic nitrogens is 3. The summed E-state index contributed by atoms with van der Waals surface area (Å²) in [5.41, 5.74) is 2.04. The Morgan fingerprint density at radius 3 is 2.86 bits per heavy atom. The third kappa shape index (κ3) is 3.47. The van der Waals surface area contributed by atoms with Crippen LogP contribution in [0.25, 0.3) is 17.1 Å². The average molecular weight is 390 g/mol. The summed E-state index contributed by atoms with van der Waals surface area (Å²) in [6.07, 6.45) is 6.57. The first-order chi connectivity index (χ1) is 14.1. The van der Waals surface area contributed by atoms with Gasteiger partial charge in [-0.3, -0.25) is 4.79 Å². The second kappa shape index (κ2) is 7.59. The second-order valence-corrected chi connectivity index (χ2v) is 6.30. The molecule has 0 saturated heterocycles. The maximum Gasteiger partial charge on any atom is 0.347 e. The largest absolute Gasteiger partial charge is 0.462 e. The van der Waals surface area contributed by atoms with Crippen molar-refractivity contribution >= 4 is 34.7 Å². The molecule has 0 spiro atoms. The summed E-state index contributed by atoms with van der Waals surface area (Å²) < 4.78 is 10.8. The monoisotopic (exact) mass is 390 g/mol. The van der Waals surface area contributed by atoms with Crippen LogP contribution in [-0.4, -0.2) is 33.3 Å². The van der Waals surface area contributed by atoms with E-state index in [9.17, 15) is 9.59 Å². The molecule has 3 aromatic rings. The van der Waals surface area contributed by atoms with Crippen molar-refractivity contribution in [2.75, 3.05) is 11.9 Å². The van der Waals surface area contributed by atoms with Gasteiger partial charge in [-0.2, -0.15) is 0 Å². The van der Waals surface area contributed by atoms with Crippen molar-refractivity contribution < 1.29 is 19.1 Å². The van der Waals surface area contributed by atoms with Crippen LogP contribution in [-0.2, 0) is 19.1 Å². The third-order valence-corrected chi connectivity index (χ3v) is 4.38. The molecule has 0 fully saturated rings. The van der Waals surface area contributed by atoms with E-state index in [-0.39, 0.29) is 23.8 Å². The zero-order valence-electron chi connectivity index (χ0n) is 15.9. The van der Waals surface area contributed by atoms with E-state index in [1.165, 1.54) is 0 Å². The predicted octanol–water partition coefficient (Wildman–Crippen LogP) is 3.09. The highest BCUT2D eigenvalue weighted by Crippen LogP contribution is 2.30. The quantitative estimate of drug-likeness (QED) is 0.392. The molecule has 0 amide bonds. The fraction of sp³-hybridized carbons (Fsp3) is 0.143. The maximum atomic E-state index is 12.9. The smallest absolute Gasteiger partial charge is 0.347 e. The number of H-pyrrole nitrogens is 1. The number of hydrogen-bond acceptors (Lipinski definition) is 7. The van der Waals surface area contributed by atoms with E-state index in [0.717, 1.165) is 16.5 Å².